The summed E-state index contributed by atoms with van der Waals surface area (Å²) in [5, 5.41) is 3.96. The molecule has 0 heterocycles. The van der Waals surface area contributed by atoms with Crippen molar-refractivity contribution < 1.29 is 14.4 Å². The molecule has 3 atom stereocenters. The summed E-state index contributed by atoms with van der Waals surface area (Å²) < 4.78 is 0. The number of ketones is 2. The van der Waals surface area contributed by atoms with Gasteiger partial charge in [0.1, 0.15) is 13.0 Å². The van der Waals surface area contributed by atoms with Crippen LogP contribution in [0.3, 0.4) is 0 Å². The van der Waals surface area contributed by atoms with Crippen LogP contribution < -0.4 is 0 Å². The average molecular weight is 327 g/mol. The summed E-state index contributed by atoms with van der Waals surface area (Å²) in [4.78, 5) is 30.9. The molecule has 0 spiro atoms. The van der Waals surface area contributed by atoms with Gasteiger partial charge in [0.25, 0.3) is 0 Å². The van der Waals surface area contributed by atoms with Gasteiger partial charge in [-0.15, -0.1) is 0 Å². The highest BCUT2D eigenvalue weighted by Crippen LogP contribution is 2.46. The van der Waals surface area contributed by atoms with Crippen molar-refractivity contribution in [1.29, 1.82) is 0 Å². The van der Waals surface area contributed by atoms with Crippen LogP contribution in [0.2, 0.25) is 0 Å². The Labute approximate surface area is 143 Å². The van der Waals surface area contributed by atoms with E-state index < -0.39 is 5.92 Å². The van der Waals surface area contributed by atoms with E-state index in [4.69, 9.17) is 4.84 Å². The van der Waals surface area contributed by atoms with Gasteiger partial charge in [-0.3, -0.25) is 9.59 Å². The van der Waals surface area contributed by atoms with E-state index in [1.165, 1.54) is 12.7 Å². The molecule has 1 unspecified atom stereocenters. The second kappa shape index (κ2) is 6.50. The fourth-order valence-corrected chi connectivity index (χ4v) is 4.44. The van der Waals surface area contributed by atoms with Crippen molar-refractivity contribution in [3.8, 4) is 0 Å². The van der Waals surface area contributed by atoms with E-state index in [0.717, 1.165) is 35.2 Å². The quantitative estimate of drug-likeness (QED) is 0.629. The molecular formula is C20H25NO3. The van der Waals surface area contributed by atoms with Crippen LogP contribution in [0.1, 0.15) is 54.9 Å². The van der Waals surface area contributed by atoms with Crippen molar-refractivity contribution in [1.82, 2.24) is 0 Å². The molecule has 4 nitrogen and oxygen atoms in total. The smallest absolute Gasteiger partial charge is 0.151 e. The minimum absolute atomic E-state index is 0.0829. The molecule has 1 aromatic carbocycles. The van der Waals surface area contributed by atoms with E-state index in [1.807, 2.05) is 0 Å². The van der Waals surface area contributed by atoms with Gasteiger partial charge >= 0.3 is 0 Å². The number of oxime groups is 1. The summed E-state index contributed by atoms with van der Waals surface area (Å²) in [6.45, 7) is 6.25. The number of aryl methyl sites for hydroxylation is 3. The first-order valence-electron chi connectivity index (χ1n) is 8.80. The highest BCUT2D eigenvalue weighted by molar-refractivity contribution is 6.19. The van der Waals surface area contributed by atoms with Crippen LogP contribution in [-0.2, 0) is 27.3 Å². The fourth-order valence-electron chi connectivity index (χ4n) is 4.44. The lowest BCUT2D eigenvalue weighted by molar-refractivity contribution is -0.125. The van der Waals surface area contributed by atoms with Crippen LogP contribution in [0.15, 0.2) is 17.3 Å². The molecule has 2 saturated carbocycles. The maximum absolute atomic E-state index is 13.1. The Balaban J connectivity index is 2.03. The average Bonchev–Trinajstić information content (AvgIpc) is 3.07. The Bertz CT molecular complexity index is 669. The largest absolute Gasteiger partial charge is 0.399 e. The zero-order valence-corrected chi connectivity index (χ0v) is 14.9. The molecule has 0 radical (unpaired) electrons. The van der Waals surface area contributed by atoms with E-state index in [0.29, 0.717) is 12.8 Å². The molecule has 0 aliphatic heterocycles. The van der Waals surface area contributed by atoms with Crippen molar-refractivity contribution >= 4 is 17.3 Å². The highest BCUT2D eigenvalue weighted by Gasteiger charge is 2.54. The Morgan fingerprint density at radius 1 is 1.04 bits per heavy atom. The summed E-state index contributed by atoms with van der Waals surface area (Å²) in [5.74, 6) is -0.840. The maximum Gasteiger partial charge on any atom is 0.151 e. The number of fused-ring (bicyclic) bond motifs is 1. The molecule has 1 aromatic rings. The highest BCUT2D eigenvalue weighted by atomic mass is 16.6. The van der Waals surface area contributed by atoms with Crippen LogP contribution in [0.25, 0.3) is 0 Å². The number of Topliss-reactive ketones (excluding diaryl/α,β-unsaturated/α-hetero) is 2. The van der Waals surface area contributed by atoms with Crippen LogP contribution in [0.4, 0.5) is 0 Å². The molecule has 4 heteroatoms. The molecule has 3 rings (SSSR count). The first-order valence-corrected chi connectivity index (χ1v) is 8.80. The lowest BCUT2D eigenvalue weighted by Crippen LogP contribution is -2.21. The van der Waals surface area contributed by atoms with Gasteiger partial charge in [0.15, 0.2) is 11.6 Å². The first-order chi connectivity index (χ1) is 11.5. The third-order valence-corrected chi connectivity index (χ3v) is 5.46. The lowest BCUT2D eigenvalue weighted by Gasteiger charge is -2.19. The lowest BCUT2D eigenvalue weighted by atomic mass is 9.83. The Morgan fingerprint density at radius 3 is 1.96 bits per heavy atom. The van der Waals surface area contributed by atoms with E-state index in [-0.39, 0.29) is 23.4 Å². The Kier molecular flexibility index (Phi) is 4.57. The van der Waals surface area contributed by atoms with Crippen molar-refractivity contribution in [2.75, 3.05) is 7.11 Å². The van der Waals surface area contributed by atoms with Gasteiger partial charge in [-0.25, -0.2) is 0 Å². The summed E-state index contributed by atoms with van der Waals surface area (Å²) in [5.41, 5.74) is 5.30. The van der Waals surface area contributed by atoms with Crippen LogP contribution in [0.5, 0.6) is 0 Å². The number of carbonyl (C=O) groups is 2. The van der Waals surface area contributed by atoms with Gasteiger partial charge in [-0.2, -0.15) is 0 Å². The predicted molar refractivity (Wildman–Crippen MR) is 93.3 cm³/mol. The number of rotatable bonds is 4. The fraction of sp³-hybridized carbons (Fsp3) is 0.550. The van der Waals surface area contributed by atoms with Gasteiger partial charge in [0.2, 0.25) is 0 Å². The summed E-state index contributed by atoms with van der Waals surface area (Å²) >= 11 is 0. The molecule has 0 aromatic heterocycles. The van der Waals surface area contributed by atoms with E-state index in [1.54, 1.807) is 0 Å². The topological polar surface area (TPSA) is 55.7 Å². The maximum atomic E-state index is 13.1. The summed E-state index contributed by atoms with van der Waals surface area (Å²) in [7, 11) is 1.50. The van der Waals surface area contributed by atoms with E-state index >= 15 is 0 Å². The zero-order chi connectivity index (χ0) is 17.4. The second-order valence-corrected chi connectivity index (χ2v) is 6.90. The summed E-state index contributed by atoms with van der Waals surface area (Å²) in [6.07, 6.45) is 2.81. The molecule has 0 N–H and O–H groups in total. The Morgan fingerprint density at radius 2 is 1.54 bits per heavy atom. The van der Waals surface area contributed by atoms with Crippen molar-refractivity contribution in [2.24, 2.45) is 17.0 Å². The van der Waals surface area contributed by atoms with Gasteiger partial charge in [0, 0.05) is 11.8 Å². The molecule has 2 fully saturated rings. The zero-order valence-electron chi connectivity index (χ0n) is 14.9. The molecule has 2 aliphatic rings. The van der Waals surface area contributed by atoms with Crippen molar-refractivity contribution in [3.63, 3.8) is 0 Å². The van der Waals surface area contributed by atoms with Crippen LogP contribution in [0, 0.1) is 18.8 Å². The van der Waals surface area contributed by atoms with Crippen LogP contribution in [-0.4, -0.2) is 24.4 Å². The standard InChI is InChI=1S/C20H25NO3/c1-5-12-7-11(3)8-13(6-2)17(12)18-19(22)15-9-14(21-24-4)10-16(15)20(18)23/h7-8,15-16,18H,5-6,9-10H2,1-4H3/b21-14-/t15-,16+,18?/m1/s1. The molecule has 2 aliphatic carbocycles. The predicted octanol–water partition coefficient (Wildman–Crippen LogP) is 3.38. The van der Waals surface area contributed by atoms with Gasteiger partial charge in [-0.1, -0.05) is 36.7 Å². The number of hydrogen-bond acceptors (Lipinski definition) is 4. The molecule has 24 heavy (non-hydrogen) atoms. The SMILES string of the molecule is CCc1cc(C)cc(CC)c1C1C(=O)[C@H]2C/C(=N\OC)C[C@H]2C1=O. The van der Waals surface area contributed by atoms with E-state index in [9.17, 15) is 9.59 Å². The summed E-state index contributed by atoms with van der Waals surface area (Å²) in [6, 6.07) is 4.25. The van der Waals surface area contributed by atoms with Crippen molar-refractivity contribution in [2.45, 2.75) is 52.4 Å². The number of nitrogens with zero attached hydrogens (tertiary/aromatic N) is 1. The minimum Gasteiger partial charge on any atom is -0.399 e. The van der Waals surface area contributed by atoms with Crippen molar-refractivity contribution in [3.05, 3.63) is 34.4 Å². The molecule has 0 bridgehead atoms. The van der Waals surface area contributed by atoms with Gasteiger partial charge in [-0.05, 0) is 49.3 Å². The minimum atomic E-state index is -0.574. The van der Waals surface area contributed by atoms with Gasteiger partial charge in [0.05, 0.1) is 5.71 Å². The van der Waals surface area contributed by atoms with Gasteiger partial charge < -0.3 is 4.84 Å². The Hall–Kier alpha value is -1.97. The monoisotopic (exact) mass is 327 g/mol. The molecule has 0 saturated heterocycles. The third kappa shape index (κ3) is 2.58. The normalized spacial score (nSPS) is 27.8. The van der Waals surface area contributed by atoms with E-state index in [2.05, 4.69) is 38.1 Å². The number of carbonyl (C=O) groups excluding carboxylic acids is 2. The second-order valence-electron chi connectivity index (χ2n) is 6.90. The number of hydrogen-bond donors (Lipinski definition) is 0. The first kappa shape index (κ1) is 16.9. The molecular weight excluding hydrogens is 302 g/mol. The molecule has 128 valence electrons. The van der Waals surface area contributed by atoms with Crippen LogP contribution >= 0.6 is 0 Å². The third-order valence-electron chi connectivity index (χ3n) is 5.46. The molecule has 0 amide bonds. The number of benzene rings is 1.